The number of ether oxygens (including phenoxy) is 1. The van der Waals surface area contributed by atoms with Gasteiger partial charge in [0.15, 0.2) is 11.5 Å². The maximum absolute atomic E-state index is 13.9. The molecule has 9 nitrogen and oxygen atoms in total. The Morgan fingerprint density at radius 1 is 1.06 bits per heavy atom. The smallest absolute Gasteiger partial charge is 0.295 e. The second-order valence-corrected chi connectivity index (χ2v) is 9.09. The van der Waals surface area contributed by atoms with Crippen LogP contribution in [0.4, 0.5) is 5.82 Å². The third-order valence-electron chi connectivity index (χ3n) is 6.73. The van der Waals surface area contributed by atoms with Crippen LogP contribution in [0, 0.1) is 13.8 Å². The summed E-state index contributed by atoms with van der Waals surface area (Å²) in [5.74, 6) is 1.04. The molecule has 1 aliphatic heterocycles. The maximum Gasteiger partial charge on any atom is 0.295 e. The van der Waals surface area contributed by atoms with Crippen molar-refractivity contribution in [3.05, 3.63) is 69.8 Å². The first-order chi connectivity index (χ1) is 17.6. The zero-order valence-corrected chi connectivity index (χ0v) is 21.0. The predicted molar refractivity (Wildman–Crippen MR) is 139 cm³/mol. The lowest BCUT2D eigenvalue weighted by atomic mass is 10.0. The fourth-order valence-corrected chi connectivity index (χ4v) is 4.88. The van der Waals surface area contributed by atoms with Crippen molar-refractivity contribution in [3.63, 3.8) is 0 Å². The molecule has 4 aromatic rings. The zero-order chi connectivity index (χ0) is 25.1. The Hall–Kier alpha value is -3.56. The van der Waals surface area contributed by atoms with Crippen LogP contribution in [-0.2, 0) is 4.74 Å². The van der Waals surface area contributed by atoms with E-state index in [1.807, 2.05) is 44.2 Å². The van der Waals surface area contributed by atoms with Crippen LogP contribution in [0.3, 0.4) is 0 Å². The lowest BCUT2D eigenvalue weighted by Gasteiger charge is -2.26. The molecule has 1 aromatic carbocycles. The fourth-order valence-electron chi connectivity index (χ4n) is 4.88. The molecular weight excluding hydrogens is 456 g/mol. The van der Waals surface area contributed by atoms with Gasteiger partial charge in [0, 0.05) is 26.2 Å². The van der Waals surface area contributed by atoms with Crippen molar-refractivity contribution in [1.82, 2.24) is 24.6 Å². The molecule has 1 saturated heterocycles. The minimum absolute atomic E-state index is 0.177. The number of anilines is 1. The van der Waals surface area contributed by atoms with E-state index in [9.17, 15) is 4.79 Å². The predicted octanol–water partition coefficient (Wildman–Crippen LogP) is 3.81. The molecule has 188 valence electrons. The summed E-state index contributed by atoms with van der Waals surface area (Å²) in [7, 11) is 0. The number of hydrogen-bond acceptors (Lipinski definition) is 8. The molecule has 4 heterocycles. The van der Waals surface area contributed by atoms with E-state index in [1.54, 1.807) is 4.57 Å². The molecule has 9 heteroatoms. The average Bonchev–Trinajstić information content (AvgIpc) is 3.25. The van der Waals surface area contributed by atoms with E-state index >= 15 is 0 Å². The quantitative estimate of drug-likeness (QED) is 0.400. The number of pyridine rings is 1. The van der Waals surface area contributed by atoms with Gasteiger partial charge in [0.1, 0.15) is 11.3 Å². The molecular formula is C27H32N6O3. The highest BCUT2D eigenvalue weighted by Gasteiger charge is 2.22. The SMILES string of the molecule is CC[C@@H](c1ccccc1)n1c(=O)c(NCCN2CCOCC2)nc2ccc(-c3c(C)noc3C)nc21. The highest BCUT2D eigenvalue weighted by atomic mass is 16.5. The molecule has 0 spiro atoms. The highest BCUT2D eigenvalue weighted by molar-refractivity contribution is 5.77. The topological polar surface area (TPSA) is 98.3 Å². The first-order valence-corrected chi connectivity index (χ1v) is 12.5. The molecule has 0 bridgehead atoms. The average molecular weight is 489 g/mol. The van der Waals surface area contributed by atoms with Crippen molar-refractivity contribution in [1.29, 1.82) is 0 Å². The summed E-state index contributed by atoms with van der Waals surface area (Å²) in [6, 6.07) is 13.7. The van der Waals surface area contributed by atoms with E-state index in [1.165, 1.54) is 0 Å². The lowest BCUT2D eigenvalue weighted by Crippen LogP contribution is -2.39. The minimum Gasteiger partial charge on any atom is -0.379 e. The van der Waals surface area contributed by atoms with Gasteiger partial charge in [-0.05, 0) is 38.0 Å². The summed E-state index contributed by atoms with van der Waals surface area (Å²) in [6.07, 6.45) is 0.730. The standard InChI is InChI=1S/C27H32N6O3/c1-4-23(20-8-6-5-7-9-20)33-26-22(11-10-21(30-26)24-18(2)31-36-19(24)3)29-25(27(33)34)28-12-13-32-14-16-35-17-15-32/h5-11,23H,4,12-17H2,1-3H3,(H,28,29)/t23-/m0/s1. The van der Waals surface area contributed by atoms with E-state index in [0.717, 1.165) is 56.1 Å². The largest absolute Gasteiger partial charge is 0.379 e. The van der Waals surface area contributed by atoms with E-state index in [-0.39, 0.29) is 11.6 Å². The summed E-state index contributed by atoms with van der Waals surface area (Å²) in [5.41, 5.74) is 4.40. The van der Waals surface area contributed by atoms with Gasteiger partial charge in [-0.3, -0.25) is 14.3 Å². The Labute approximate surface area is 210 Å². The molecule has 3 aromatic heterocycles. The number of benzene rings is 1. The number of fused-ring (bicyclic) bond motifs is 1. The van der Waals surface area contributed by atoms with Gasteiger partial charge in [-0.15, -0.1) is 0 Å². The Morgan fingerprint density at radius 2 is 1.83 bits per heavy atom. The Morgan fingerprint density at radius 3 is 2.53 bits per heavy atom. The molecule has 0 saturated carbocycles. The van der Waals surface area contributed by atoms with Crippen molar-refractivity contribution in [2.24, 2.45) is 0 Å². The van der Waals surface area contributed by atoms with Crippen LogP contribution < -0.4 is 10.9 Å². The molecule has 0 aliphatic carbocycles. The molecule has 0 amide bonds. The van der Waals surface area contributed by atoms with Crippen LogP contribution in [0.15, 0.2) is 51.8 Å². The van der Waals surface area contributed by atoms with Gasteiger partial charge in [-0.2, -0.15) is 0 Å². The van der Waals surface area contributed by atoms with E-state index in [0.29, 0.717) is 35.0 Å². The van der Waals surface area contributed by atoms with Crippen LogP contribution in [0.25, 0.3) is 22.4 Å². The van der Waals surface area contributed by atoms with Crippen LogP contribution in [-0.4, -0.2) is 64.0 Å². The van der Waals surface area contributed by atoms with Gasteiger partial charge in [0.25, 0.3) is 5.56 Å². The Bertz CT molecular complexity index is 1370. The monoisotopic (exact) mass is 488 g/mol. The number of morpholine rings is 1. The van der Waals surface area contributed by atoms with Crippen molar-refractivity contribution >= 4 is 17.0 Å². The summed E-state index contributed by atoms with van der Waals surface area (Å²) >= 11 is 0. The Balaban J connectivity index is 1.59. The Kier molecular flexibility index (Phi) is 7.11. The van der Waals surface area contributed by atoms with E-state index < -0.39 is 0 Å². The minimum atomic E-state index is -0.184. The van der Waals surface area contributed by atoms with Crippen LogP contribution in [0.5, 0.6) is 0 Å². The van der Waals surface area contributed by atoms with Crippen molar-refractivity contribution in [2.75, 3.05) is 44.7 Å². The third kappa shape index (κ3) is 4.76. The second kappa shape index (κ2) is 10.6. The number of rotatable bonds is 8. The molecule has 1 N–H and O–H groups in total. The molecule has 0 unspecified atom stereocenters. The van der Waals surface area contributed by atoms with Crippen LogP contribution in [0.1, 0.15) is 36.4 Å². The molecule has 0 radical (unpaired) electrons. The second-order valence-electron chi connectivity index (χ2n) is 9.09. The van der Waals surface area contributed by atoms with Gasteiger partial charge in [0.2, 0.25) is 0 Å². The number of aryl methyl sites for hydroxylation is 2. The lowest BCUT2D eigenvalue weighted by molar-refractivity contribution is 0.0398. The van der Waals surface area contributed by atoms with Crippen molar-refractivity contribution < 1.29 is 9.26 Å². The van der Waals surface area contributed by atoms with Gasteiger partial charge >= 0.3 is 0 Å². The third-order valence-corrected chi connectivity index (χ3v) is 6.73. The van der Waals surface area contributed by atoms with Crippen molar-refractivity contribution in [2.45, 2.75) is 33.2 Å². The highest BCUT2D eigenvalue weighted by Crippen LogP contribution is 2.29. The summed E-state index contributed by atoms with van der Waals surface area (Å²) in [4.78, 5) is 25.9. The molecule has 1 aliphatic rings. The normalized spacial score (nSPS) is 15.3. The van der Waals surface area contributed by atoms with Gasteiger partial charge in [-0.25, -0.2) is 9.97 Å². The summed E-state index contributed by atoms with van der Waals surface area (Å²) < 4.78 is 12.6. The van der Waals surface area contributed by atoms with E-state index in [4.69, 9.17) is 19.2 Å². The summed E-state index contributed by atoms with van der Waals surface area (Å²) in [5, 5.41) is 7.38. The number of hydrogen-bond donors (Lipinski definition) is 1. The molecule has 1 atom stereocenters. The van der Waals surface area contributed by atoms with Gasteiger partial charge < -0.3 is 14.6 Å². The number of nitrogens with zero attached hydrogens (tertiary/aromatic N) is 5. The molecule has 5 rings (SSSR count). The maximum atomic E-state index is 13.9. The number of nitrogens with one attached hydrogen (secondary N) is 1. The zero-order valence-electron chi connectivity index (χ0n) is 21.0. The fraction of sp³-hybridized carbons (Fsp3) is 0.407. The number of aromatic nitrogens is 4. The van der Waals surface area contributed by atoms with Crippen molar-refractivity contribution in [3.8, 4) is 11.3 Å². The molecule has 1 fully saturated rings. The van der Waals surface area contributed by atoms with Crippen LogP contribution >= 0.6 is 0 Å². The van der Waals surface area contributed by atoms with Crippen LogP contribution in [0.2, 0.25) is 0 Å². The van der Waals surface area contributed by atoms with Gasteiger partial charge in [-0.1, -0.05) is 42.4 Å². The first kappa shape index (κ1) is 24.1. The molecule has 36 heavy (non-hydrogen) atoms. The van der Waals surface area contributed by atoms with Gasteiger partial charge in [0.05, 0.1) is 36.2 Å². The van der Waals surface area contributed by atoms with E-state index in [2.05, 4.69) is 34.4 Å². The first-order valence-electron chi connectivity index (χ1n) is 12.5. The summed E-state index contributed by atoms with van der Waals surface area (Å²) in [6.45, 7) is 10.6.